The second-order valence-electron chi connectivity index (χ2n) is 6.36. The quantitative estimate of drug-likeness (QED) is 0.721. The summed E-state index contributed by atoms with van der Waals surface area (Å²) in [5.74, 6) is -0.244. The van der Waals surface area contributed by atoms with Gasteiger partial charge < -0.3 is 5.11 Å². The molecule has 1 atom stereocenters. The van der Waals surface area contributed by atoms with Crippen molar-refractivity contribution in [2.75, 3.05) is 6.54 Å². The van der Waals surface area contributed by atoms with Gasteiger partial charge in [0.1, 0.15) is 11.6 Å². The average molecular weight is 388 g/mol. The monoisotopic (exact) mass is 387 g/mol. The number of halogens is 2. The highest BCUT2D eigenvalue weighted by atomic mass is 35.5. The van der Waals surface area contributed by atoms with Crippen molar-refractivity contribution in [1.82, 2.24) is 14.5 Å². The number of benzene rings is 2. The number of aromatic nitrogens is 2. The van der Waals surface area contributed by atoms with Crippen molar-refractivity contribution in [3.63, 3.8) is 0 Å². The van der Waals surface area contributed by atoms with Gasteiger partial charge in [-0.3, -0.25) is 14.3 Å². The average Bonchev–Trinajstić information content (AvgIpc) is 3.11. The Balaban J connectivity index is 2.06. The Hall–Kier alpha value is -2.93. The highest BCUT2D eigenvalue weighted by Crippen LogP contribution is 2.33. The van der Waals surface area contributed by atoms with Crippen molar-refractivity contribution in [3.8, 4) is 5.69 Å². The molecule has 1 aliphatic rings. The van der Waals surface area contributed by atoms with Crippen LogP contribution in [0.25, 0.3) is 16.6 Å². The molecule has 1 aliphatic heterocycles. The minimum atomic E-state index is -1.08. The summed E-state index contributed by atoms with van der Waals surface area (Å²) in [6.07, 6.45) is 0.104. The molecule has 4 rings (SSSR count). The SMILES string of the molecule is O=C(O)N1CCCC1c1nc2cccc(Cl)c2c(=O)n1-c1cccc(F)c1. The first-order valence-electron chi connectivity index (χ1n) is 8.44. The summed E-state index contributed by atoms with van der Waals surface area (Å²) in [5, 5.41) is 9.96. The molecule has 3 aromatic rings. The Kier molecular flexibility index (Phi) is 4.31. The van der Waals surface area contributed by atoms with Crippen molar-refractivity contribution < 1.29 is 14.3 Å². The zero-order chi connectivity index (χ0) is 19.1. The lowest BCUT2D eigenvalue weighted by Gasteiger charge is -2.24. The number of amides is 1. The van der Waals surface area contributed by atoms with E-state index in [4.69, 9.17) is 11.6 Å². The van der Waals surface area contributed by atoms with Crippen LogP contribution < -0.4 is 5.56 Å². The molecule has 2 heterocycles. The van der Waals surface area contributed by atoms with Gasteiger partial charge in [-0.2, -0.15) is 0 Å². The molecule has 138 valence electrons. The lowest BCUT2D eigenvalue weighted by Crippen LogP contribution is -2.34. The van der Waals surface area contributed by atoms with Crippen molar-refractivity contribution in [1.29, 1.82) is 0 Å². The molecule has 1 N–H and O–H groups in total. The molecular weight excluding hydrogens is 373 g/mol. The number of fused-ring (bicyclic) bond motifs is 1. The van der Waals surface area contributed by atoms with Crippen LogP contribution in [0.5, 0.6) is 0 Å². The van der Waals surface area contributed by atoms with Gasteiger partial charge in [-0.05, 0) is 43.2 Å². The molecule has 2 aromatic carbocycles. The van der Waals surface area contributed by atoms with Crippen LogP contribution in [0, 0.1) is 5.82 Å². The van der Waals surface area contributed by atoms with Crippen LogP contribution in [0.3, 0.4) is 0 Å². The number of hydrogen-bond acceptors (Lipinski definition) is 3. The van der Waals surface area contributed by atoms with E-state index in [0.717, 1.165) is 0 Å². The minimum Gasteiger partial charge on any atom is -0.465 e. The Labute approximate surface area is 158 Å². The van der Waals surface area contributed by atoms with E-state index < -0.39 is 23.5 Å². The van der Waals surface area contributed by atoms with E-state index in [1.165, 1.54) is 27.7 Å². The molecular formula is C19H15ClFN3O3. The molecule has 1 fully saturated rings. The highest BCUT2D eigenvalue weighted by molar-refractivity contribution is 6.35. The van der Waals surface area contributed by atoms with Gasteiger partial charge >= 0.3 is 6.09 Å². The molecule has 1 saturated heterocycles. The first-order chi connectivity index (χ1) is 13.0. The van der Waals surface area contributed by atoms with E-state index >= 15 is 0 Å². The normalized spacial score (nSPS) is 16.8. The maximum Gasteiger partial charge on any atom is 0.407 e. The summed E-state index contributed by atoms with van der Waals surface area (Å²) in [5.41, 5.74) is 0.206. The lowest BCUT2D eigenvalue weighted by molar-refractivity contribution is 0.138. The molecule has 0 radical (unpaired) electrons. The second-order valence-corrected chi connectivity index (χ2v) is 6.77. The molecule has 1 amide bonds. The minimum absolute atomic E-state index is 0.215. The smallest absolute Gasteiger partial charge is 0.407 e. The number of carboxylic acid groups (broad SMARTS) is 1. The van der Waals surface area contributed by atoms with Crippen LogP contribution in [0.4, 0.5) is 9.18 Å². The first kappa shape index (κ1) is 17.5. The summed E-state index contributed by atoms with van der Waals surface area (Å²) in [6, 6.07) is 9.88. The lowest BCUT2D eigenvalue weighted by atomic mass is 10.1. The molecule has 8 heteroatoms. The Morgan fingerprint density at radius 2 is 2.04 bits per heavy atom. The number of hydrogen-bond donors (Lipinski definition) is 1. The van der Waals surface area contributed by atoms with Crippen LogP contribution in [-0.2, 0) is 0 Å². The standard InChI is InChI=1S/C19H15ClFN3O3/c20-13-6-2-7-14-16(13)18(25)24(12-5-1-4-11(21)10-12)17(22-14)15-8-3-9-23(15)19(26)27/h1-2,4-7,10,15H,3,8-9H2,(H,26,27). The van der Waals surface area contributed by atoms with Crippen molar-refractivity contribution >= 4 is 28.6 Å². The van der Waals surface area contributed by atoms with Gasteiger partial charge in [0.05, 0.1) is 27.7 Å². The molecule has 1 aromatic heterocycles. The van der Waals surface area contributed by atoms with Crippen molar-refractivity contribution in [2.45, 2.75) is 18.9 Å². The van der Waals surface area contributed by atoms with E-state index in [0.29, 0.717) is 24.9 Å². The molecule has 0 saturated carbocycles. The fourth-order valence-electron chi connectivity index (χ4n) is 3.56. The Bertz CT molecular complexity index is 1120. The third kappa shape index (κ3) is 2.94. The van der Waals surface area contributed by atoms with E-state index in [1.807, 2.05) is 0 Å². The number of rotatable bonds is 2. The predicted octanol–water partition coefficient (Wildman–Crippen LogP) is 3.99. The van der Waals surface area contributed by atoms with Crippen LogP contribution in [0.2, 0.25) is 5.02 Å². The first-order valence-corrected chi connectivity index (χ1v) is 8.82. The van der Waals surface area contributed by atoms with Crippen LogP contribution in [-0.4, -0.2) is 32.2 Å². The predicted molar refractivity (Wildman–Crippen MR) is 99.0 cm³/mol. The van der Waals surface area contributed by atoms with Crippen LogP contribution >= 0.6 is 11.6 Å². The molecule has 0 spiro atoms. The maximum absolute atomic E-state index is 13.8. The van der Waals surface area contributed by atoms with E-state index in [-0.39, 0.29) is 21.9 Å². The second kappa shape index (κ2) is 6.66. The fraction of sp³-hybridized carbons (Fsp3) is 0.211. The number of nitrogens with zero attached hydrogens (tertiary/aromatic N) is 3. The number of likely N-dealkylation sites (tertiary alicyclic amines) is 1. The van der Waals surface area contributed by atoms with E-state index in [1.54, 1.807) is 24.3 Å². The van der Waals surface area contributed by atoms with E-state index in [2.05, 4.69) is 4.98 Å². The van der Waals surface area contributed by atoms with Gasteiger partial charge in [-0.15, -0.1) is 0 Å². The zero-order valence-electron chi connectivity index (χ0n) is 14.1. The third-order valence-electron chi connectivity index (χ3n) is 4.74. The highest BCUT2D eigenvalue weighted by Gasteiger charge is 2.34. The fourth-order valence-corrected chi connectivity index (χ4v) is 3.81. The van der Waals surface area contributed by atoms with E-state index in [9.17, 15) is 19.1 Å². The van der Waals surface area contributed by atoms with Gasteiger partial charge in [0, 0.05) is 6.54 Å². The summed E-state index contributed by atoms with van der Waals surface area (Å²) < 4.78 is 15.1. The molecule has 27 heavy (non-hydrogen) atoms. The van der Waals surface area contributed by atoms with Gasteiger partial charge in [0.2, 0.25) is 0 Å². The Morgan fingerprint density at radius 1 is 1.26 bits per heavy atom. The van der Waals surface area contributed by atoms with Crippen LogP contribution in [0.1, 0.15) is 24.7 Å². The van der Waals surface area contributed by atoms with Gasteiger partial charge in [0.25, 0.3) is 5.56 Å². The molecule has 0 aliphatic carbocycles. The largest absolute Gasteiger partial charge is 0.465 e. The summed E-state index contributed by atoms with van der Waals surface area (Å²) in [7, 11) is 0. The van der Waals surface area contributed by atoms with Gasteiger partial charge in [-0.25, -0.2) is 14.2 Å². The Morgan fingerprint density at radius 3 is 2.78 bits per heavy atom. The third-order valence-corrected chi connectivity index (χ3v) is 5.05. The van der Waals surface area contributed by atoms with Gasteiger partial charge in [-0.1, -0.05) is 23.7 Å². The number of carbonyl (C=O) groups is 1. The maximum atomic E-state index is 13.8. The summed E-state index contributed by atoms with van der Waals surface area (Å²) >= 11 is 6.21. The molecule has 6 nitrogen and oxygen atoms in total. The molecule has 0 bridgehead atoms. The van der Waals surface area contributed by atoms with Crippen molar-refractivity contribution in [3.05, 3.63) is 69.5 Å². The van der Waals surface area contributed by atoms with Crippen LogP contribution in [0.15, 0.2) is 47.3 Å². The van der Waals surface area contributed by atoms with Crippen molar-refractivity contribution in [2.24, 2.45) is 0 Å². The zero-order valence-corrected chi connectivity index (χ0v) is 14.9. The summed E-state index contributed by atoms with van der Waals surface area (Å²) in [4.78, 5) is 30.7. The topological polar surface area (TPSA) is 75.4 Å². The summed E-state index contributed by atoms with van der Waals surface area (Å²) in [6.45, 7) is 0.354. The molecule has 1 unspecified atom stereocenters. The van der Waals surface area contributed by atoms with Gasteiger partial charge in [0.15, 0.2) is 0 Å².